The lowest BCUT2D eigenvalue weighted by Gasteiger charge is -2.14. The third kappa shape index (κ3) is 3.62. The van der Waals surface area contributed by atoms with Crippen LogP contribution >= 0.6 is 27.5 Å². The van der Waals surface area contributed by atoms with Gasteiger partial charge in [-0.3, -0.25) is 4.79 Å². The van der Waals surface area contributed by atoms with Crippen molar-refractivity contribution in [3.05, 3.63) is 68.7 Å². The first-order valence-corrected chi connectivity index (χ1v) is 7.38. The monoisotopic (exact) mass is 352 g/mol. The number of carboxylic acid groups (broad SMARTS) is 1. The summed E-state index contributed by atoms with van der Waals surface area (Å²) in [5.74, 6) is -1.44. The van der Waals surface area contributed by atoms with Gasteiger partial charge in [0.15, 0.2) is 0 Å². The third-order valence-electron chi connectivity index (χ3n) is 3.20. The molecular formula is C16H14BrClO2. The van der Waals surface area contributed by atoms with Gasteiger partial charge in [-0.25, -0.2) is 0 Å². The fourth-order valence-corrected chi connectivity index (χ4v) is 2.66. The molecule has 0 amide bonds. The van der Waals surface area contributed by atoms with E-state index in [9.17, 15) is 9.90 Å². The minimum atomic E-state index is -0.844. The molecule has 0 bridgehead atoms. The molecule has 1 unspecified atom stereocenters. The van der Waals surface area contributed by atoms with Crippen molar-refractivity contribution in [1.29, 1.82) is 0 Å². The Balaban J connectivity index is 2.30. The van der Waals surface area contributed by atoms with Crippen LogP contribution in [-0.2, 0) is 11.2 Å². The third-order valence-corrected chi connectivity index (χ3v) is 4.08. The number of aryl methyl sites for hydroxylation is 1. The topological polar surface area (TPSA) is 37.3 Å². The number of hydrogen-bond acceptors (Lipinski definition) is 1. The molecule has 4 heteroatoms. The first kappa shape index (κ1) is 15.1. The Kier molecular flexibility index (Phi) is 4.84. The molecular weight excluding hydrogens is 340 g/mol. The second kappa shape index (κ2) is 6.42. The number of benzene rings is 2. The molecule has 0 fully saturated rings. The van der Waals surface area contributed by atoms with Gasteiger partial charge in [-0.15, -0.1) is 0 Å². The van der Waals surface area contributed by atoms with Gasteiger partial charge in [-0.1, -0.05) is 51.8 Å². The van der Waals surface area contributed by atoms with E-state index in [4.69, 9.17) is 11.6 Å². The SMILES string of the molecule is Cc1ccc(CC(C(=O)O)c2ccc(Br)cc2)c(Cl)c1. The van der Waals surface area contributed by atoms with Crippen LogP contribution in [0.25, 0.3) is 0 Å². The Morgan fingerprint density at radius 1 is 1.25 bits per heavy atom. The number of carboxylic acids is 1. The number of hydrogen-bond donors (Lipinski definition) is 1. The quantitative estimate of drug-likeness (QED) is 0.855. The fraction of sp³-hybridized carbons (Fsp3) is 0.188. The van der Waals surface area contributed by atoms with Gasteiger partial charge in [0.25, 0.3) is 0 Å². The molecule has 0 aliphatic carbocycles. The van der Waals surface area contributed by atoms with Crippen LogP contribution in [0.2, 0.25) is 5.02 Å². The predicted molar refractivity (Wildman–Crippen MR) is 84.4 cm³/mol. The summed E-state index contributed by atoms with van der Waals surface area (Å²) in [6, 6.07) is 13.0. The van der Waals surface area contributed by atoms with E-state index in [-0.39, 0.29) is 0 Å². The molecule has 0 aliphatic heterocycles. The van der Waals surface area contributed by atoms with Crippen molar-refractivity contribution in [3.63, 3.8) is 0 Å². The lowest BCUT2D eigenvalue weighted by atomic mass is 9.92. The Bertz CT molecular complexity index is 623. The smallest absolute Gasteiger partial charge is 0.311 e. The summed E-state index contributed by atoms with van der Waals surface area (Å²) >= 11 is 9.54. The minimum absolute atomic E-state index is 0.385. The molecule has 0 aromatic heterocycles. The Morgan fingerprint density at radius 2 is 1.90 bits per heavy atom. The van der Waals surface area contributed by atoms with Crippen molar-refractivity contribution >= 4 is 33.5 Å². The maximum atomic E-state index is 11.5. The maximum absolute atomic E-state index is 11.5. The standard InChI is InChI=1S/C16H14BrClO2/c1-10-2-3-12(15(18)8-10)9-14(16(19)20)11-4-6-13(17)7-5-11/h2-8,14H,9H2,1H3,(H,19,20). The maximum Gasteiger partial charge on any atom is 0.311 e. The van der Waals surface area contributed by atoms with Crippen LogP contribution < -0.4 is 0 Å². The van der Waals surface area contributed by atoms with Gasteiger partial charge in [0.05, 0.1) is 5.92 Å². The summed E-state index contributed by atoms with van der Waals surface area (Å²) < 4.78 is 0.929. The molecule has 0 spiro atoms. The average Bonchev–Trinajstić information content (AvgIpc) is 2.39. The summed E-state index contributed by atoms with van der Waals surface area (Å²) in [5.41, 5.74) is 2.69. The van der Waals surface area contributed by atoms with Crippen molar-refractivity contribution in [2.24, 2.45) is 0 Å². The van der Waals surface area contributed by atoms with E-state index in [2.05, 4.69) is 15.9 Å². The zero-order valence-electron chi connectivity index (χ0n) is 10.9. The molecule has 0 saturated heterocycles. The molecule has 104 valence electrons. The van der Waals surface area contributed by atoms with Gasteiger partial charge in [-0.2, -0.15) is 0 Å². The fourth-order valence-electron chi connectivity index (χ4n) is 2.08. The molecule has 0 aliphatic rings. The summed E-state index contributed by atoms with van der Waals surface area (Å²) in [4.78, 5) is 11.5. The highest BCUT2D eigenvalue weighted by molar-refractivity contribution is 9.10. The lowest BCUT2D eigenvalue weighted by Crippen LogP contribution is -2.14. The average molecular weight is 354 g/mol. The van der Waals surface area contributed by atoms with Crippen LogP contribution in [0.3, 0.4) is 0 Å². The molecule has 2 rings (SSSR count). The first-order valence-electron chi connectivity index (χ1n) is 6.20. The van der Waals surface area contributed by atoms with Crippen molar-refractivity contribution in [1.82, 2.24) is 0 Å². The van der Waals surface area contributed by atoms with Gasteiger partial charge in [-0.05, 0) is 48.2 Å². The minimum Gasteiger partial charge on any atom is -0.481 e. The van der Waals surface area contributed by atoms with Crippen molar-refractivity contribution in [2.75, 3.05) is 0 Å². The molecule has 2 aromatic rings. The van der Waals surface area contributed by atoms with Crippen molar-refractivity contribution < 1.29 is 9.90 Å². The largest absolute Gasteiger partial charge is 0.481 e. The molecule has 1 atom stereocenters. The van der Waals surface area contributed by atoms with Crippen LogP contribution in [0, 0.1) is 6.92 Å². The molecule has 2 nitrogen and oxygen atoms in total. The number of rotatable bonds is 4. The predicted octanol–water partition coefficient (Wildman–Crippen LogP) is 4.82. The van der Waals surface area contributed by atoms with Gasteiger partial charge >= 0.3 is 5.97 Å². The molecule has 1 N–H and O–H groups in total. The van der Waals surface area contributed by atoms with E-state index in [0.717, 1.165) is 21.2 Å². The zero-order chi connectivity index (χ0) is 14.7. The first-order chi connectivity index (χ1) is 9.47. The Morgan fingerprint density at radius 3 is 2.45 bits per heavy atom. The molecule has 20 heavy (non-hydrogen) atoms. The number of carbonyl (C=O) groups is 1. The molecule has 0 radical (unpaired) electrons. The van der Waals surface area contributed by atoms with Gasteiger partial charge in [0.2, 0.25) is 0 Å². The van der Waals surface area contributed by atoms with Gasteiger partial charge in [0.1, 0.15) is 0 Å². The van der Waals surface area contributed by atoms with Crippen molar-refractivity contribution in [2.45, 2.75) is 19.3 Å². The molecule has 0 saturated carbocycles. The summed E-state index contributed by atoms with van der Waals surface area (Å²) in [5, 5.41) is 10.1. The van der Waals surface area contributed by atoms with E-state index >= 15 is 0 Å². The van der Waals surface area contributed by atoms with E-state index in [0.29, 0.717) is 11.4 Å². The van der Waals surface area contributed by atoms with E-state index < -0.39 is 11.9 Å². The van der Waals surface area contributed by atoms with Crippen LogP contribution in [0.4, 0.5) is 0 Å². The Labute approximate surface area is 131 Å². The van der Waals surface area contributed by atoms with E-state index in [1.807, 2.05) is 49.4 Å². The van der Waals surface area contributed by atoms with E-state index in [1.54, 1.807) is 0 Å². The van der Waals surface area contributed by atoms with Crippen LogP contribution in [0.15, 0.2) is 46.9 Å². The highest BCUT2D eigenvalue weighted by Crippen LogP contribution is 2.27. The highest BCUT2D eigenvalue weighted by atomic mass is 79.9. The summed E-state index contributed by atoms with van der Waals surface area (Å²) in [6.07, 6.45) is 0.385. The van der Waals surface area contributed by atoms with Gasteiger partial charge < -0.3 is 5.11 Å². The van der Waals surface area contributed by atoms with E-state index in [1.165, 1.54) is 0 Å². The van der Waals surface area contributed by atoms with Crippen molar-refractivity contribution in [3.8, 4) is 0 Å². The summed E-state index contributed by atoms with van der Waals surface area (Å²) in [7, 11) is 0. The van der Waals surface area contributed by atoms with Gasteiger partial charge in [0, 0.05) is 9.50 Å². The Hall–Kier alpha value is -1.32. The van der Waals surface area contributed by atoms with Crippen LogP contribution in [0.1, 0.15) is 22.6 Å². The van der Waals surface area contributed by atoms with Crippen LogP contribution in [0.5, 0.6) is 0 Å². The lowest BCUT2D eigenvalue weighted by molar-refractivity contribution is -0.138. The second-order valence-corrected chi connectivity index (χ2v) is 6.06. The second-order valence-electron chi connectivity index (χ2n) is 4.74. The number of halogens is 2. The van der Waals surface area contributed by atoms with Crippen LogP contribution in [-0.4, -0.2) is 11.1 Å². The molecule has 2 aromatic carbocycles. The zero-order valence-corrected chi connectivity index (χ0v) is 13.3. The normalized spacial score (nSPS) is 12.2. The highest BCUT2D eigenvalue weighted by Gasteiger charge is 2.21. The number of aliphatic carboxylic acids is 1. The summed E-state index contributed by atoms with van der Waals surface area (Å²) in [6.45, 7) is 1.96. The molecule has 0 heterocycles.